The largest absolute Gasteiger partial charge is 0.444 e. The first-order valence-electron chi connectivity index (χ1n) is 6.15. The van der Waals surface area contributed by atoms with Crippen molar-refractivity contribution in [3.05, 3.63) is 29.3 Å². The van der Waals surface area contributed by atoms with Gasteiger partial charge < -0.3 is 4.74 Å². The number of nitrogens with one attached hydrogen (secondary N) is 1. The van der Waals surface area contributed by atoms with Crippen molar-refractivity contribution in [3.63, 3.8) is 0 Å². The van der Waals surface area contributed by atoms with Gasteiger partial charge in [0.25, 0.3) is 0 Å². The highest BCUT2D eigenvalue weighted by Crippen LogP contribution is 2.22. The first-order chi connectivity index (χ1) is 8.70. The standard InChI is InChI=1S/C12H15F2NO2.C2H6.H2/c1-7-8(13)5-6-9(14)10(7)15-11(16)17-12(2,3)4;1-2;/h5-6H,1-4H3,(H,15,16);1-2H3;1H. The molecule has 19 heavy (non-hydrogen) atoms. The molecule has 0 bridgehead atoms. The van der Waals surface area contributed by atoms with Gasteiger partial charge in [0.1, 0.15) is 17.2 Å². The minimum absolute atomic E-state index is 0. The Labute approximate surface area is 114 Å². The summed E-state index contributed by atoms with van der Waals surface area (Å²) in [6, 6.07) is 1.96. The molecule has 1 amide bonds. The Morgan fingerprint density at radius 1 is 1.21 bits per heavy atom. The van der Waals surface area contributed by atoms with Crippen LogP contribution in [0, 0.1) is 18.6 Å². The molecule has 0 fully saturated rings. The molecule has 0 spiro atoms. The molecule has 0 unspecified atom stereocenters. The molecule has 0 radical (unpaired) electrons. The summed E-state index contributed by atoms with van der Waals surface area (Å²) in [5, 5.41) is 2.20. The molecule has 0 saturated carbocycles. The molecule has 5 heteroatoms. The highest BCUT2D eigenvalue weighted by Gasteiger charge is 2.19. The number of hydrogen-bond acceptors (Lipinski definition) is 2. The SMILES string of the molecule is CC.Cc1c(F)ccc(F)c1NC(=O)OC(C)(C)C.[HH]. The second-order valence-electron chi connectivity index (χ2n) is 4.66. The van der Waals surface area contributed by atoms with Gasteiger partial charge in [-0.1, -0.05) is 13.8 Å². The Bertz CT molecular complexity index is 446. The molecule has 1 aromatic rings. The van der Waals surface area contributed by atoms with Crippen molar-refractivity contribution in [3.8, 4) is 0 Å². The van der Waals surface area contributed by atoms with Gasteiger partial charge in [0.15, 0.2) is 0 Å². The van der Waals surface area contributed by atoms with Crippen LogP contribution in [0.3, 0.4) is 0 Å². The van der Waals surface area contributed by atoms with E-state index >= 15 is 0 Å². The first kappa shape index (κ1) is 17.4. The van der Waals surface area contributed by atoms with Crippen molar-refractivity contribution in [2.24, 2.45) is 0 Å². The maximum Gasteiger partial charge on any atom is 0.412 e. The maximum atomic E-state index is 13.4. The normalized spacial score (nSPS) is 10.3. The number of hydrogen-bond donors (Lipinski definition) is 1. The Kier molecular flexibility index (Phi) is 6.45. The number of carbonyl (C=O) groups excluding carboxylic acids is 1. The van der Waals surface area contributed by atoms with E-state index in [0.29, 0.717) is 0 Å². The topological polar surface area (TPSA) is 38.3 Å². The average Bonchev–Trinajstić information content (AvgIpc) is 2.30. The van der Waals surface area contributed by atoms with Crippen LogP contribution in [0.4, 0.5) is 19.3 Å². The second kappa shape index (κ2) is 7.07. The molecule has 110 valence electrons. The van der Waals surface area contributed by atoms with E-state index in [1.165, 1.54) is 6.92 Å². The molecule has 0 heterocycles. The summed E-state index contributed by atoms with van der Waals surface area (Å²) in [6.07, 6.45) is -0.815. The van der Waals surface area contributed by atoms with Gasteiger partial charge >= 0.3 is 6.09 Å². The number of rotatable bonds is 1. The minimum atomic E-state index is -0.815. The molecule has 1 aromatic carbocycles. The molecule has 1 rings (SSSR count). The fraction of sp³-hybridized carbons (Fsp3) is 0.500. The lowest BCUT2D eigenvalue weighted by Crippen LogP contribution is -2.27. The summed E-state index contributed by atoms with van der Waals surface area (Å²) in [5.74, 6) is -1.28. The molecule has 0 aliphatic heterocycles. The van der Waals surface area contributed by atoms with Crippen molar-refractivity contribution in [1.29, 1.82) is 0 Å². The second-order valence-corrected chi connectivity index (χ2v) is 4.66. The summed E-state index contributed by atoms with van der Waals surface area (Å²) >= 11 is 0. The summed E-state index contributed by atoms with van der Waals surface area (Å²) < 4.78 is 31.5. The molecule has 0 aliphatic rings. The van der Waals surface area contributed by atoms with Gasteiger partial charge in [0, 0.05) is 6.99 Å². The summed E-state index contributed by atoms with van der Waals surface area (Å²) in [6.45, 7) is 10.4. The van der Waals surface area contributed by atoms with Crippen LogP contribution in [0.5, 0.6) is 0 Å². The fourth-order valence-corrected chi connectivity index (χ4v) is 1.21. The zero-order valence-electron chi connectivity index (χ0n) is 12.2. The number of halogens is 2. The smallest absolute Gasteiger partial charge is 0.412 e. The predicted molar refractivity (Wildman–Crippen MR) is 74.4 cm³/mol. The third kappa shape index (κ3) is 5.68. The third-order valence-corrected chi connectivity index (χ3v) is 1.97. The van der Waals surface area contributed by atoms with E-state index in [2.05, 4.69) is 5.32 Å². The molecule has 0 atom stereocenters. The minimum Gasteiger partial charge on any atom is -0.444 e. The zero-order chi connectivity index (χ0) is 15.2. The molecular weight excluding hydrogens is 252 g/mol. The van der Waals surface area contributed by atoms with Crippen LogP contribution in [0.2, 0.25) is 0 Å². The third-order valence-electron chi connectivity index (χ3n) is 1.97. The van der Waals surface area contributed by atoms with Crippen LogP contribution >= 0.6 is 0 Å². The number of carbonyl (C=O) groups is 1. The highest BCUT2D eigenvalue weighted by atomic mass is 19.1. The monoisotopic (exact) mass is 275 g/mol. The van der Waals surface area contributed by atoms with Crippen LogP contribution in [-0.4, -0.2) is 11.7 Å². The fourth-order valence-electron chi connectivity index (χ4n) is 1.21. The lowest BCUT2D eigenvalue weighted by molar-refractivity contribution is 0.0635. The Morgan fingerprint density at radius 3 is 2.16 bits per heavy atom. The Morgan fingerprint density at radius 2 is 1.68 bits per heavy atom. The maximum absolute atomic E-state index is 13.4. The number of amides is 1. The number of anilines is 1. The van der Waals surface area contributed by atoms with Crippen LogP contribution < -0.4 is 5.32 Å². The molecule has 0 saturated heterocycles. The summed E-state index contributed by atoms with van der Waals surface area (Å²) in [4.78, 5) is 11.4. The Hall–Kier alpha value is -1.65. The van der Waals surface area contributed by atoms with Gasteiger partial charge in [-0.25, -0.2) is 13.6 Å². The van der Waals surface area contributed by atoms with Gasteiger partial charge in [-0.05, 0) is 39.8 Å². The van der Waals surface area contributed by atoms with Gasteiger partial charge in [-0.15, -0.1) is 0 Å². The van der Waals surface area contributed by atoms with E-state index in [-0.39, 0.29) is 12.7 Å². The van der Waals surface area contributed by atoms with Crippen molar-refractivity contribution < 1.29 is 19.7 Å². The quantitative estimate of drug-likeness (QED) is 0.792. The van der Waals surface area contributed by atoms with E-state index in [1.807, 2.05) is 13.8 Å². The molecular formula is C14H23F2NO2. The van der Waals surface area contributed by atoms with Crippen molar-refractivity contribution in [1.82, 2.24) is 0 Å². The first-order valence-corrected chi connectivity index (χ1v) is 6.15. The van der Waals surface area contributed by atoms with Crippen LogP contribution in [0.1, 0.15) is 41.6 Å². The van der Waals surface area contributed by atoms with E-state index in [9.17, 15) is 13.6 Å². The molecule has 0 aromatic heterocycles. The van der Waals surface area contributed by atoms with Gasteiger partial charge in [0.05, 0.1) is 5.69 Å². The van der Waals surface area contributed by atoms with Gasteiger partial charge in [0.2, 0.25) is 0 Å². The number of ether oxygens (including phenoxy) is 1. The van der Waals surface area contributed by atoms with E-state index in [4.69, 9.17) is 4.74 Å². The Balaban J connectivity index is 0. The number of benzene rings is 1. The summed E-state index contributed by atoms with van der Waals surface area (Å²) in [5.41, 5.74) is -0.850. The van der Waals surface area contributed by atoms with E-state index in [1.54, 1.807) is 20.8 Å². The van der Waals surface area contributed by atoms with Crippen LogP contribution in [-0.2, 0) is 4.74 Å². The molecule has 1 N–H and O–H groups in total. The molecule has 3 nitrogen and oxygen atoms in total. The predicted octanol–water partition coefficient (Wildman–Crippen LogP) is 4.89. The van der Waals surface area contributed by atoms with Crippen molar-refractivity contribution >= 4 is 11.8 Å². The highest BCUT2D eigenvalue weighted by molar-refractivity contribution is 5.86. The van der Waals surface area contributed by atoms with Crippen LogP contribution in [0.25, 0.3) is 0 Å². The lowest BCUT2D eigenvalue weighted by Gasteiger charge is -2.20. The zero-order valence-corrected chi connectivity index (χ0v) is 12.2. The van der Waals surface area contributed by atoms with Crippen LogP contribution in [0.15, 0.2) is 12.1 Å². The van der Waals surface area contributed by atoms with Gasteiger partial charge in [-0.2, -0.15) is 0 Å². The van der Waals surface area contributed by atoms with E-state index < -0.39 is 23.3 Å². The van der Waals surface area contributed by atoms with Crippen molar-refractivity contribution in [2.75, 3.05) is 5.32 Å². The van der Waals surface area contributed by atoms with E-state index in [0.717, 1.165) is 12.1 Å². The average molecular weight is 275 g/mol. The van der Waals surface area contributed by atoms with Crippen molar-refractivity contribution in [2.45, 2.75) is 47.1 Å². The lowest BCUT2D eigenvalue weighted by atomic mass is 10.2. The van der Waals surface area contributed by atoms with Gasteiger partial charge in [-0.3, -0.25) is 5.32 Å². The molecule has 0 aliphatic carbocycles. The summed E-state index contributed by atoms with van der Waals surface area (Å²) in [7, 11) is 0.